The molecule has 0 radical (unpaired) electrons. The Morgan fingerprint density at radius 3 is 2.53 bits per heavy atom. The van der Waals surface area contributed by atoms with Crippen LogP contribution in [0.4, 0.5) is 0 Å². The highest BCUT2D eigenvalue weighted by Gasteiger charge is 2.32. The Bertz CT molecular complexity index is 328. The van der Waals surface area contributed by atoms with Gasteiger partial charge in [0.05, 0.1) is 6.10 Å². The summed E-state index contributed by atoms with van der Waals surface area (Å²) in [7, 11) is -0.252. The van der Waals surface area contributed by atoms with Gasteiger partial charge in [-0.2, -0.15) is 17.0 Å². The molecule has 0 aromatic heterocycles. The highest BCUT2D eigenvalue weighted by molar-refractivity contribution is 7.86. The van der Waals surface area contributed by atoms with Crippen molar-refractivity contribution in [3.8, 4) is 0 Å². The molecule has 1 fully saturated rings. The fourth-order valence-electron chi connectivity index (χ4n) is 2.29. The summed E-state index contributed by atoms with van der Waals surface area (Å²) in [6.07, 6.45) is 3.92. The first-order valence-electron chi connectivity index (χ1n) is 6.23. The number of hydrogen-bond donors (Lipinski definition) is 1. The molecule has 1 N–H and O–H groups in total. The quantitative estimate of drug-likeness (QED) is 0.817. The van der Waals surface area contributed by atoms with E-state index in [0.717, 1.165) is 25.7 Å². The predicted molar refractivity (Wildman–Crippen MR) is 67.9 cm³/mol. The van der Waals surface area contributed by atoms with E-state index in [2.05, 4.69) is 0 Å². The lowest BCUT2D eigenvalue weighted by molar-refractivity contribution is 0.145. The van der Waals surface area contributed by atoms with Crippen LogP contribution >= 0.6 is 0 Å². The van der Waals surface area contributed by atoms with Crippen molar-refractivity contribution in [2.24, 2.45) is 0 Å². The maximum Gasteiger partial charge on any atom is 0.281 e. The molecule has 5 nitrogen and oxygen atoms in total. The molecule has 102 valence electrons. The third kappa shape index (κ3) is 3.91. The van der Waals surface area contributed by atoms with Gasteiger partial charge in [-0.1, -0.05) is 12.8 Å². The van der Waals surface area contributed by atoms with Crippen LogP contribution in [-0.4, -0.2) is 54.9 Å². The third-order valence-electron chi connectivity index (χ3n) is 3.19. The SMILES string of the molecule is CC(O)CC1CCCCCN1S(=O)(=O)N(C)C. The van der Waals surface area contributed by atoms with Gasteiger partial charge < -0.3 is 5.11 Å². The van der Waals surface area contributed by atoms with Crippen molar-refractivity contribution in [2.75, 3.05) is 20.6 Å². The third-order valence-corrected chi connectivity index (χ3v) is 5.19. The lowest BCUT2D eigenvalue weighted by Crippen LogP contribution is -2.46. The van der Waals surface area contributed by atoms with E-state index in [4.69, 9.17) is 0 Å². The summed E-state index contributed by atoms with van der Waals surface area (Å²) < 4.78 is 27.2. The minimum atomic E-state index is -3.36. The van der Waals surface area contributed by atoms with E-state index >= 15 is 0 Å². The van der Waals surface area contributed by atoms with E-state index in [1.54, 1.807) is 25.3 Å². The second-order valence-corrected chi connectivity index (χ2v) is 7.08. The molecule has 0 bridgehead atoms. The van der Waals surface area contributed by atoms with Gasteiger partial charge in [-0.15, -0.1) is 0 Å². The minimum Gasteiger partial charge on any atom is -0.393 e. The van der Waals surface area contributed by atoms with Gasteiger partial charge in [0.1, 0.15) is 0 Å². The zero-order chi connectivity index (χ0) is 13.1. The lowest BCUT2D eigenvalue weighted by atomic mass is 10.1. The summed E-state index contributed by atoms with van der Waals surface area (Å²) in [5.74, 6) is 0. The van der Waals surface area contributed by atoms with E-state index in [-0.39, 0.29) is 6.04 Å². The number of nitrogens with zero attached hydrogens (tertiary/aromatic N) is 2. The van der Waals surface area contributed by atoms with Gasteiger partial charge in [0.15, 0.2) is 0 Å². The average Bonchev–Trinajstić information content (AvgIpc) is 2.42. The molecule has 2 atom stereocenters. The van der Waals surface area contributed by atoms with Crippen molar-refractivity contribution in [2.45, 2.75) is 51.2 Å². The Balaban J connectivity index is 2.89. The number of rotatable bonds is 4. The van der Waals surface area contributed by atoms with Crippen LogP contribution in [0.1, 0.15) is 39.0 Å². The average molecular weight is 264 g/mol. The van der Waals surface area contributed by atoms with Gasteiger partial charge in [0.25, 0.3) is 10.2 Å². The minimum absolute atomic E-state index is 0.0649. The van der Waals surface area contributed by atoms with Gasteiger partial charge in [0, 0.05) is 26.7 Å². The molecule has 1 aliphatic rings. The Hall–Kier alpha value is -0.170. The Morgan fingerprint density at radius 1 is 1.35 bits per heavy atom. The van der Waals surface area contributed by atoms with E-state index in [1.807, 2.05) is 0 Å². The zero-order valence-electron chi connectivity index (χ0n) is 11.0. The Labute approximate surface area is 105 Å². The molecule has 1 heterocycles. The highest BCUT2D eigenvalue weighted by Crippen LogP contribution is 2.24. The lowest BCUT2D eigenvalue weighted by Gasteiger charge is -2.32. The molecule has 0 aliphatic carbocycles. The summed E-state index contributed by atoms with van der Waals surface area (Å²) in [6, 6.07) is -0.0649. The van der Waals surface area contributed by atoms with Crippen LogP contribution in [0.15, 0.2) is 0 Å². The van der Waals surface area contributed by atoms with Crippen molar-refractivity contribution >= 4 is 10.2 Å². The van der Waals surface area contributed by atoms with E-state index in [0.29, 0.717) is 13.0 Å². The Kier molecular flexibility index (Phi) is 5.37. The maximum absolute atomic E-state index is 12.2. The van der Waals surface area contributed by atoms with Crippen LogP contribution in [0.25, 0.3) is 0 Å². The Morgan fingerprint density at radius 2 is 2.00 bits per heavy atom. The van der Waals surface area contributed by atoms with Crippen LogP contribution in [0.2, 0.25) is 0 Å². The normalized spacial score (nSPS) is 25.8. The fourth-order valence-corrected chi connectivity index (χ4v) is 3.64. The van der Waals surface area contributed by atoms with E-state index < -0.39 is 16.3 Å². The molecule has 1 saturated heterocycles. The van der Waals surface area contributed by atoms with E-state index in [1.165, 1.54) is 4.31 Å². The second kappa shape index (κ2) is 6.13. The molecule has 0 spiro atoms. The first-order chi connectivity index (χ1) is 7.85. The molecule has 1 aliphatic heterocycles. The molecule has 17 heavy (non-hydrogen) atoms. The molecular formula is C11H24N2O3S. The second-order valence-electron chi connectivity index (χ2n) is 4.99. The number of aliphatic hydroxyl groups excluding tert-OH is 1. The molecule has 0 amide bonds. The van der Waals surface area contributed by atoms with Gasteiger partial charge in [0.2, 0.25) is 0 Å². The van der Waals surface area contributed by atoms with Crippen LogP contribution in [-0.2, 0) is 10.2 Å². The molecule has 0 saturated carbocycles. The van der Waals surface area contributed by atoms with Crippen molar-refractivity contribution in [3.05, 3.63) is 0 Å². The predicted octanol–water partition coefficient (Wildman–Crippen LogP) is 0.808. The van der Waals surface area contributed by atoms with Crippen LogP contribution in [0.3, 0.4) is 0 Å². The zero-order valence-corrected chi connectivity index (χ0v) is 11.8. The molecular weight excluding hydrogens is 240 g/mol. The molecule has 0 aromatic carbocycles. The fraction of sp³-hybridized carbons (Fsp3) is 1.00. The standard InChI is InChI=1S/C11H24N2O3S/c1-10(14)9-11-7-5-4-6-8-13(11)17(15,16)12(2)3/h10-11,14H,4-9H2,1-3H3. The molecule has 2 unspecified atom stereocenters. The monoisotopic (exact) mass is 264 g/mol. The summed E-state index contributed by atoms with van der Waals surface area (Å²) in [5, 5.41) is 9.48. The number of hydrogen-bond acceptors (Lipinski definition) is 3. The van der Waals surface area contributed by atoms with Crippen LogP contribution in [0, 0.1) is 0 Å². The van der Waals surface area contributed by atoms with Gasteiger partial charge in [-0.3, -0.25) is 0 Å². The molecule has 0 aromatic rings. The van der Waals surface area contributed by atoms with Gasteiger partial charge >= 0.3 is 0 Å². The largest absolute Gasteiger partial charge is 0.393 e. The number of aliphatic hydroxyl groups is 1. The summed E-state index contributed by atoms with van der Waals surface area (Å²) in [5.41, 5.74) is 0. The van der Waals surface area contributed by atoms with E-state index in [9.17, 15) is 13.5 Å². The first-order valence-corrected chi connectivity index (χ1v) is 7.62. The highest BCUT2D eigenvalue weighted by atomic mass is 32.2. The smallest absolute Gasteiger partial charge is 0.281 e. The summed E-state index contributed by atoms with van der Waals surface area (Å²) >= 11 is 0. The van der Waals surface area contributed by atoms with Gasteiger partial charge in [-0.25, -0.2) is 0 Å². The molecule has 6 heteroatoms. The van der Waals surface area contributed by atoms with Crippen molar-refractivity contribution < 1.29 is 13.5 Å². The van der Waals surface area contributed by atoms with Gasteiger partial charge in [-0.05, 0) is 26.2 Å². The summed E-state index contributed by atoms with van der Waals surface area (Å²) in [4.78, 5) is 0. The first kappa shape index (κ1) is 14.9. The van der Waals surface area contributed by atoms with Crippen molar-refractivity contribution in [3.63, 3.8) is 0 Å². The van der Waals surface area contributed by atoms with Crippen molar-refractivity contribution in [1.82, 2.24) is 8.61 Å². The van der Waals surface area contributed by atoms with Crippen LogP contribution in [0.5, 0.6) is 0 Å². The van der Waals surface area contributed by atoms with Crippen molar-refractivity contribution in [1.29, 1.82) is 0 Å². The maximum atomic E-state index is 12.2. The molecule has 1 rings (SSSR count). The summed E-state index contributed by atoms with van der Waals surface area (Å²) in [6.45, 7) is 2.28. The van der Waals surface area contributed by atoms with Crippen LogP contribution < -0.4 is 0 Å². The topological polar surface area (TPSA) is 60.9 Å².